The number of benzene rings is 1. The summed E-state index contributed by atoms with van der Waals surface area (Å²) >= 11 is 0. The molecule has 7 heteroatoms. The fourth-order valence-corrected chi connectivity index (χ4v) is 1.87. The monoisotopic (exact) mass is 290 g/mol. The molecule has 0 spiro atoms. The number of hydrogen-bond acceptors (Lipinski definition) is 5. The lowest BCUT2D eigenvalue weighted by Gasteiger charge is -2.16. The zero-order valence-electron chi connectivity index (χ0n) is 12.1. The third kappa shape index (κ3) is 4.57. The fourth-order valence-electron chi connectivity index (χ4n) is 1.87. The second-order valence-electron chi connectivity index (χ2n) is 4.88. The Kier molecular flexibility index (Phi) is 4.89. The number of aryl methyl sites for hydroxylation is 1. The summed E-state index contributed by atoms with van der Waals surface area (Å²) in [6, 6.07) is 7.88. The minimum atomic E-state index is -0.454. The van der Waals surface area contributed by atoms with E-state index in [0.717, 1.165) is 11.3 Å². The molecule has 0 saturated heterocycles. The minimum absolute atomic E-state index is 0.000546. The maximum Gasteiger partial charge on any atom is 0.307 e. The van der Waals surface area contributed by atoms with Crippen LogP contribution in [-0.4, -0.2) is 39.8 Å². The quantitative estimate of drug-likeness (QED) is 0.576. The van der Waals surface area contributed by atoms with E-state index in [1.54, 1.807) is 0 Å². The first-order valence-electron chi connectivity index (χ1n) is 6.59. The van der Waals surface area contributed by atoms with Crippen molar-refractivity contribution in [3.8, 4) is 5.75 Å². The van der Waals surface area contributed by atoms with Crippen molar-refractivity contribution in [2.75, 3.05) is 20.2 Å². The van der Waals surface area contributed by atoms with Gasteiger partial charge in [0.1, 0.15) is 24.8 Å². The molecule has 0 aliphatic heterocycles. The number of aromatic nitrogens is 2. The number of nitrogens with zero attached hydrogens (tertiary/aromatic N) is 4. The first-order chi connectivity index (χ1) is 10.0. The lowest BCUT2D eigenvalue weighted by atomic mass is 10.2. The van der Waals surface area contributed by atoms with Crippen LogP contribution in [-0.2, 0) is 6.67 Å². The number of likely N-dealkylation sites (N-methyl/N-ethyl adjacent to an activating group) is 1. The van der Waals surface area contributed by atoms with Gasteiger partial charge in [-0.2, -0.15) is 5.10 Å². The van der Waals surface area contributed by atoms with Gasteiger partial charge in [0.25, 0.3) is 0 Å². The Morgan fingerprint density at radius 3 is 2.95 bits per heavy atom. The molecule has 1 aromatic carbocycles. The third-order valence-corrected chi connectivity index (χ3v) is 2.95. The van der Waals surface area contributed by atoms with Gasteiger partial charge in [0.15, 0.2) is 0 Å². The van der Waals surface area contributed by atoms with Crippen molar-refractivity contribution in [2.45, 2.75) is 13.6 Å². The Morgan fingerprint density at radius 1 is 1.48 bits per heavy atom. The second kappa shape index (κ2) is 6.85. The van der Waals surface area contributed by atoms with Gasteiger partial charge in [0.2, 0.25) is 0 Å². The van der Waals surface area contributed by atoms with Crippen LogP contribution in [0.2, 0.25) is 0 Å². The van der Waals surface area contributed by atoms with Crippen molar-refractivity contribution in [1.29, 1.82) is 0 Å². The summed E-state index contributed by atoms with van der Waals surface area (Å²) in [7, 11) is 1.91. The molecule has 7 nitrogen and oxygen atoms in total. The maximum absolute atomic E-state index is 10.6. The Labute approximate surface area is 122 Å². The van der Waals surface area contributed by atoms with Gasteiger partial charge in [-0.1, -0.05) is 12.1 Å². The summed E-state index contributed by atoms with van der Waals surface area (Å²) in [5.41, 5.74) is 1.16. The van der Waals surface area contributed by atoms with E-state index < -0.39 is 4.92 Å². The Balaban J connectivity index is 1.76. The van der Waals surface area contributed by atoms with Crippen LogP contribution in [0.1, 0.15) is 5.56 Å². The summed E-state index contributed by atoms with van der Waals surface area (Å²) in [6.45, 7) is 3.74. The Bertz CT molecular complexity index is 612. The van der Waals surface area contributed by atoms with E-state index >= 15 is 0 Å². The number of nitro groups is 1. The lowest BCUT2D eigenvalue weighted by Crippen LogP contribution is -2.27. The van der Waals surface area contributed by atoms with Gasteiger partial charge in [-0.15, -0.1) is 0 Å². The van der Waals surface area contributed by atoms with Gasteiger partial charge in [-0.05, 0) is 31.7 Å². The second-order valence-corrected chi connectivity index (χ2v) is 4.88. The first kappa shape index (κ1) is 15.0. The smallest absolute Gasteiger partial charge is 0.307 e. The molecule has 0 radical (unpaired) electrons. The summed E-state index contributed by atoms with van der Waals surface area (Å²) in [5.74, 6) is 0.845. The highest BCUT2D eigenvalue weighted by Gasteiger charge is 2.09. The minimum Gasteiger partial charge on any atom is -0.492 e. The van der Waals surface area contributed by atoms with Crippen LogP contribution in [0.4, 0.5) is 5.69 Å². The van der Waals surface area contributed by atoms with Crippen molar-refractivity contribution in [2.24, 2.45) is 0 Å². The number of ether oxygens (including phenoxy) is 1. The average Bonchev–Trinajstić information content (AvgIpc) is 2.87. The van der Waals surface area contributed by atoms with Gasteiger partial charge in [0, 0.05) is 6.54 Å². The van der Waals surface area contributed by atoms with Crippen molar-refractivity contribution in [3.05, 3.63) is 52.3 Å². The molecule has 21 heavy (non-hydrogen) atoms. The SMILES string of the molecule is Cc1cccc(OCCN(C)Cn2cc([N+](=O)[O-])cn2)c1. The molecule has 0 fully saturated rings. The predicted octanol–water partition coefficient (Wildman–Crippen LogP) is 2.07. The summed E-state index contributed by atoms with van der Waals surface area (Å²) < 4.78 is 7.19. The fraction of sp³-hybridized carbons (Fsp3) is 0.357. The van der Waals surface area contributed by atoms with E-state index in [-0.39, 0.29) is 5.69 Å². The number of rotatable bonds is 7. The van der Waals surface area contributed by atoms with Crippen LogP contribution in [0.3, 0.4) is 0 Å². The molecule has 0 aliphatic rings. The lowest BCUT2D eigenvalue weighted by molar-refractivity contribution is -0.385. The third-order valence-electron chi connectivity index (χ3n) is 2.95. The van der Waals surface area contributed by atoms with Crippen LogP contribution in [0.5, 0.6) is 5.75 Å². The van der Waals surface area contributed by atoms with E-state index in [0.29, 0.717) is 19.8 Å². The summed E-state index contributed by atoms with van der Waals surface area (Å²) in [6.07, 6.45) is 2.66. The summed E-state index contributed by atoms with van der Waals surface area (Å²) in [4.78, 5) is 12.1. The Morgan fingerprint density at radius 2 is 2.29 bits per heavy atom. The molecule has 1 aromatic heterocycles. The highest BCUT2D eigenvalue weighted by Crippen LogP contribution is 2.12. The highest BCUT2D eigenvalue weighted by molar-refractivity contribution is 5.27. The molecule has 112 valence electrons. The van der Waals surface area contributed by atoms with E-state index in [1.807, 2.05) is 43.1 Å². The standard InChI is InChI=1S/C14H18N4O3/c1-12-4-3-5-14(8-12)21-7-6-16(2)11-17-10-13(9-15-17)18(19)20/h3-5,8-10H,6-7,11H2,1-2H3. The molecule has 0 unspecified atom stereocenters. The van der Waals surface area contributed by atoms with Crippen LogP contribution < -0.4 is 4.74 Å². The normalized spacial score (nSPS) is 10.8. The molecule has 0 amide bonds. The largest absolute Gasteiger partial charge is 0.492 e. The van der Waals surface area contributed by atoms with Crippen molar-refractivity contribution >= 4 is 5.69 Å². The van der Waals surface area contributed by atoms with E-state index in [4.69, 9.17) is 4.74 Å². The highest BCUT2D eigenvalue weighted by atomic mass is 16.6. The van der Waals surface area contributed by atoms with Gasteiger partial charge < -0.3 is 4.74 Å². The Hall–Kier alpha value is -2.41. The zero-order chi connectivity index (χ0) is 15.2. The average molecular weight is 290 g/mol. The van der Waals surface area contributed by atoms with Gasteiger partial charge in [-0.3, -0.25) is 19.7 Å². The van der Waals surface area contributed by atoms with Crippen LogP contribution in [0, 0.1) is 17.0 Å². The zero-order valence-corrected chi connectivity index (χ0v) is 12.1. The van der Waals surface area contributed by atoms with Crippen LogP contribution >= 0.6 is 0 Å². The molecule has 2 rings (SSSR count). The van der Waals surface area contributed by atoms with Crippen molar-refractivity contribution < 1.29 is 9.66 Å². The van der Waals surface area contributed by atoms with Gasteiger partial charge in [-0.25, -0.2) is 0 Å². The van der Waals surface area contributed by atoms with Crippen LogP contribution in [0.25, 0.3) is 0 Å². The van der Waals surface area contributed by atoms with E-state index in [1.165, 1.54) is 17.1 Å². The number of hydrogen-bond donors (Lipinski definition) is 0. The first-order valence-corrected chi connectivity index (χ1v) is 6.59. The topological polar surface area (TPSA) is 73.4 Å². The molecule has 1 heterocycles. The van der Waals surface area contributed by atoms with Crippen molar-refractivity contribution in [3.63, 3.8) is 0 Å². The molecule has 2 aromatic rings. The van der Waals surface area contributed by atoms with Crippen LogP contribution in [0.15, 0.2) is 36.7 Å². The molecule has 0 N–H and O–H groups in total. The summed E-state index contributed by atoms with van der Waals surface area (Å²) in [5, 5.41) is 14.5. The van der Waals surface area contributed by atoms with Gasteiger partial charge in [0.05, 0.1) is 11.6 Å². The van der Waals surface area contributed by atoms with Gasteiger partial charge >= 0.3 is 5.69 Å². The maximum atomic E-state index is 10.6. The predicted molar refractivity (Wildman–Crippen MR) is 78.2 cm³/mol. The van der Waals surface area contributed by atoms with Crippen molar-refractivity contribution in [1.82, 2.24) is 14.7 Å². The molecule has 0 bridgehead atoms. The molecule has 0 saturated carbocycles. The molecule has 0 atom stereocenters. The molecular formula is C14H18N4O3. The molecular weight excluding hydrogens is 272 g/mol. The van der Waals surface area contributed by atoms with E-state index in [9.17, 15) is 10.1 Å². The van der Waals surface area contributed by atoms with E-state index in [2.05, 4.69) is 5.10 Å². The molecule has 0 aliphatic carbocycles.